The Hall–Kier alpha value is -2.38. The molecule has 2 fully saturated rings. The summed E-state index contributed by atoms with van der Waals surface area (Å²) in [5.74, 6) is -0.774. The number of nitrogens with zero attached hydrogens (tertiary/aromatic N) is 1. The fourth-order valence-corrected chi connectivity index (χ4v) is 4.56. The number of aromatic amines is 1. The van der Waals surface area contributed by atoms with Crippen LogP contribution in [-0.4, -0.2) is 66.8 Å². The lowest BCUT2D eigenvalue weighted by molar-refractivity contribution is -0.125. The number of ether oxygens (including phenoxy) is 2. The van der Waals surface area contributed by atoms with Crippen molar-refractivity contribution in [2.75, 3.05) is 39.5 Å². The molecule has 29 heavy (non-hydrogen) atoms. The molecule has 7 nitrogen and oxygen atoms in total. The number of morpholine rings is 1. The molecule has 0 radical (unpaired) electrons. The number of rotatable bonds is 6. The fourth-order valence-electron chi connectivity index (χ4n) is 4.56. The third kappa shape index (κ3) is 4.62. The number of H-pyrrole nitrogens is 1. The van der Waals surface area contributed by atoms with Gasteiger partial charge in [0.1, 0.15) is 5.69 Å². The molecule has 0 atom stereocenters. The standard InChI is InChI=1S/C22H29N3O4/c26-20(15-29-21(27)19-14-17-6-2-3-7-18(17)24-19)23-16-22(8-4-1-5-9-22)25-10-12-28-13-11-25/h2-3,6-7,14,24H,1,4-5,8-13,15-16H2,(H,23,26). The highest BCUT2D eigenvalue weighted by Crippen LogP contribution is 2.33. The second kappa shape index (κ2) is 8.97. The van der Waals surface area contributed by atoms with Crippen molar-refractivity contribution in [2.24, 2.45) is 0 Å². The number of hydrogen-bond acceptors (Lipinski definition) is 5. The Morgan fingerprint density at radius 3 is 2.66 bits per heavy atom. The van der Waals surface area contributed by atoms with Gasteiger partial charge in [0.15, 0.2) is 6.61 Å². The molecule has 0 bridgehead atoms. The quantitative estimate of drug-likeness (QED) is 0.729. The number of fused-ring (bicyclic) bond motifs is 1. The van der Waals surface area contributed by atoms with Crippen molar-refractivity contribution in [3.63, 3.8) is 0 Å². The average Bonchev–Trinajstić information content (AvgIpc) is 3.22. The van der Waals surface area contributed by atoms with Crippen molar-refractivity contribution in [3.05, 3.63) is 36.0 Å². The molecule has 7 heteroatoms. The average molecular weight is 399 g/mol. The Bertz CT molecular complexity index is 818. The first kappa shape index (κ1) is 19.9. The number of nitrogens with one attached hydrogen (secondary N) is 2. The van der Waals surface area contributed by atoms with Crippen LogP contribution in [0.25, 0.3) is 10.9 Å². The van der Waals surface area contributed by atoms with Gasteiger partial charge in [0.05, 0.1) is 13.2 Å². The van der Waals surface area contributed by atoms with Crippen molar-refractivity contribution >= 4 is 22.8 Å². The molecule has 1 saturated heterocycles. The third-order valence-electron chi connectivity index (χ3n) is 6.17. The van der Waals surface area contributed by atoms with Crippen LogP contribution >= 0.6 is 0 Å². The van der Waals surface area contributed by atoms with E-state index in [9.17, 15) is 9.59 Å². The van der Waals surface area contributed by atoms with Gasteiger partial charge in [-0.2, -0.15) is 0 Å². The molecule has 1 aromatic carbocycles. The molecule has 2 heterocycles. The van der Waals surface area contributed by atoms with E-state index in [-0.39, 0.29) is 18.1 Å². The van der Waals surface area contributed by atoms with Crippen LogP contribution < -0.4 is 5.32 Å². The molecule has 1 amide bonds. The Morgan fingerprint density at radius 2 is 1.90 bits per heavy atom. The maximum atomic E-state index is 12.4. The summed E-state index contributed by atoms with van der Waals surface area (Å²) < 4.78 is 10.7. The van der Waals surface area contributed by atoms with Crippen molar-refractivity contribution in [3.8, 4) is 0 Å². The van der Waals surface area contributed by atoms with Crippen molar-refractivity contribution in [2.45, 2.75) is 37.6 Å². The Balaban J connectivity index is 1.30. The molecule has 2 aromatic rings. The lowest BCUT2D eigenvalue weighted by Crippen LogP contribution is -2.59. The molecular weight excluding hydrogens is 370 g/mol. The molecule has 156 valence electrons. The molecule has 4 rings (SSSR count). The molecule has 2 aliphatic rings. The van der Waals surface area contributed by atoms with Crippen molar-refractivity contribution in [1.29, 1.82) is 0 Å². The summed E-state index contributed by atoms with van der Waals surface area (Å²) in [6, 6.07) is 9.37. The SMILES string of the molecule is O=C(COC(=O)c1cc2ccccc2[nH]1)NCC1(N2CCOCC2)CCCCC1. The van der Waals surface area contributed by atoms with Gasteiger partial charge >= 0.3 is 5.97 Å². The van der Waals surface area contributed by atoms with E-state index in [4.69, 9.17) is 9.47 Å². The summed E-state index contributed by atoms with van der Waals surface area (Å²) in [5, 5.41) is 3.95. The number of amides is 1. The summed E-state index contributed by atoms with van der Waals surface area (Å²) in [5.41, 5.74) is 1.23. The summed E-state index contributed by atoms with van der Waals surface area (Å²) >= 11 is 0. The monoisotopic (exact) mass is 399 g/mol. The minimum atomic E-state index is -0.517. The van der Waals surface area contributed by atoms with E-state index in [1.807, 2.05) is 24.3 Å². The molecule has 0 spiro atoms. The minimum absolute atomic E-state index is 0.00111. The lowest BCUT2D eigenvalue weighted by atomic mass is 9.79. The number of carbonyl (C=O) groups is 2. The van der Waals surface area contributed by atoms with E-state index in [0.29, 0.717) is 12.2 Å². The van der Waals surface area contributed by atoms with Crippen LogP contribution in [0.3, 0.4) is 0 Å². The van der Waals surface area contributed by atoms with Gasteiger partial charge in [0.2, 0.25) is 0 Å². The maximum absolute atomic E-state index is 12.4. The summed E-state index contributed by atoms with van der Waals surface area (Å²) in [6.07, 6.45) is 5.79. The van der Waals surface area contributed by atoms with Crippen molar-refractivity contribution < 1.29 is 19.1 Å². The van der Waals surface area contributed by atoms with Crippen LogP contribution in [0, 0.1) is 0 Å². The van der Waals surface area contributed by atoms with E-state index < -0.39 is 5.97 Å². The van der Waals surface area contributed by atoms with Gasteiger partial charge < -0.3 is 19.8 Å². The first-order valence-electron chi connectivity index (χ1n) is 10.5. The van der Waals surface area contributed by atoms with Gasteiger partial charge in [0.25, 0.3) is 5.91 Å². The predicted molar refractivity (Wildman–Crippen MR) is 110 cm³/mol. The zero-order chi connectivity index (χ0) is 20.1. The van der Waals surface area contributed by atoms with Gasteiger partial charge in [-0.15, -0.1) is 0 Å². The van der Waals surface area contributed by atoms with Gasteiger partial charge in [0, 0.05) is 36.1 Å². The van der Waals surface area contributed by atoms with Crippen LogP contribution in [0.1, 0.15) is 42.6 Å². The Morgan fingerprint density at radius 1 is 1.14 bits per heavy atom. The number of para-hydroxylation sites is 1. The van der Waals surface area contributed by atoms with E-state index in [1.54, 1.807) is 6.07 Å². The van der Waals surface area contributed by atoms with E-state index >= 15 is 0 Å². The van der Waals surface area contributed by atoms with Crippen LogP contribution in [0.2, 0.25) is 0 Å². The van der Waals surface area contributed by atoms with Gasteiger partial charge in [-0.05, 0) is 25.0 Å². The molecule has 1 saturated carbocycles. The van der Waals surface area contributed by atoms with E-state index in [2.05, 4.69) is 15.2 Å². The number of benzene rings is 1. The van der Waals surface area contributed by atoms with Gasteiger partial charge in [-0.25, -0.2) is 4.79 Å². The van der Waals surface area contributed by atoms with E-state index in [1.165, 1.54) is 19.3 Å². The molecule has 1 aliphatic carbocycles. The van der Waals surface area contributed by atoms with Crippen LogP contribution in [0.5, 0.6) is 0 Å². The second-order valence-electron chi connectivity index (χ2n) is 8.01. The van der Waals surface area contributed by atoms with Gasteiger partial charge in [-0.3, -0.25) is 9.69 Å². The zero-order valence-electron chi connectivity index (χ0n) is 16.7. The highest BCUT2D eigenvalue weighted by molar-refractivity contribution is 5.95. The molecule has 0 unspecified atom stereocenters. The van der Waals surface area contributed by atoms with Crippen LogP contribution in [-0.2, 0) is 14.3 Å². The third-order valence-corrected chi connectivity index (χ3v) is 6.17. The Kier molecular flexibility index (Phi) is 6.16. The highest BCUT2D eigenvalue weighted by Gasteiger charge is 2.38. The number of esters is 1. The van der Waals surface area contributed by atoms with Crippen molar-refractivity contribution in [1.82, 2.24) is 15.2 Å². The summed E-state index contributed by atoms with van der Waals surface area (Å²) in [7, 11) is 0. The molecular formula is C22H29N3O4. The maximum Gasteiger partial charge on any atom is 0.355 e. The first-order valence-corrected chi connectivity index (χ1v) is 10.5. The summed E-state index contributed by atoms with van der Waals surface area (Å²) in [6.45, 7) is 3.63. The lowest BCUT2D eigenvalue weighted by Gasteiger charge is -2.48. The zero-order valence-corrected chi connectivity index (χ0v) is 16.7. The predicted octanol–water partition coefficient (Wildman–Crippen LogP) is 2.48. The van der Waals surface area contributed by atoms with Crippen LogP contribution in [0.15, 0.2) is 30.3 Å². The molecule has 1 aromatic heterocycles. The first-order chi connectivity index (χ1) is 14.2. The minimum Gasteiger partial charge on any atom is -0.451 e. The largest absolute Gasteiger partial charge is 0.451 e. The Labute approximate surface area is 170 Å². The summed E-state index contributed by atoms with van der Waals surface area (Å²) in [4.78, 5) is 30.2. The number of aromatic nitrogens is 1. The van der Waals surface area contributed by atoms with Crippen LogP contribution in [0.4, 0.5) is 0 Å². The highest BCUT2D eigenvalue weighted by atomic mass is 16.5. The topological polar surface area (TPSA) is 83.7 Å². The number of hydrogen-bond donors (Lipinski definition) is 2. The van der Waals surface area contributed by atoms with E-state index in [0.717, 1.165) is 50.0 Å². The second-order valence-corrected chi connectivity index (χ2v) is 8.01. The van der Waals surface area contributed by atoms with Gasteiger partial charge in [-0.1, -0.05) is 37.5 Å². The smallest absolute Gasteiger partial charge is 0.355 e. The number of carbonyl (C=O) groups excluding carboxylic acids is 2. The fraction of sp³-hybridized carbons (Fsp3) is 0.545. The molecule has 1 aliphatic heterocycles. The molecule has 2 N–H and O–H groups in total. The normalized spacial score (nSPS) is 19.7.